The molecule has 19 heteroatoms. The average Bonchev–Trinajstić information content (AvgIpc) is 0.799. The van der Waals surface area contributed by atoms with E-state index in [0.29, 0.717) is 6.42 Å². The molecular weight excluding hydrogens is 1180 g/mol. The first-order valence-corrected chi connectivity index (χ1v) is 36.2. The Hall–Kier alpha value is -2.77. The van der Waals surface area contributed by atoms with Crippen LogP contribution in [-0.4, -0.2) is 193 Å². The number of aliphatic hydroxyl groups is 11. The fourth-order valence-corrected chi connectivity index (χ4v) is 11.9. The van der Waals surface area contributed by atoms with Crippen LogP contribution in [-0.2, 0) is 33.2 Å². The Bertz CT molecular complexity index is 1950. The quantitative estimate of drug-likeness (QED) is 0.0199. The monoisotopic (exact) mass is 1310 g/mol. The number of ether oxygens (including phenoxy) is 6. The van der Waals surface area contributed by atoms with Crippen molar-refractivity contribution in [3.63, 3.8) is 0 Å². The zero-order valence-corrected chi connectivity index (χ0v) is 56.5. The highest BCUT2D eigenvalue weighted by Crippen LogP contribution is 2.33. The lowest BCUT2D eigenvalue weighted by atomic mass is 9.96. The van der Waals surface area contributed by atoms with E-state index in [2.05, 4.69) is 79.9 Å². The van der Waals surface area contributed by atoms with E-state index in [1.165, 1.54) is 148 Å². The third kappa shape index (κ3) is 35.5. The highest BCUT2D eigenvalue weighted by Gasteiger charge is 2.53. The van der Waals surface area contributed by atoms with Crippen LogP contribution in [0.2, 0.25) is 0 Å². The molecule has 1 amide bonds. The van der Waals surface area contributed by atoms with Crippen molar-refractivity contribution in [2.75, 3.05) is 26.4 Å². The summed E-state index contributed by atoms with van der Waals surface area (Å²) in [6.07, 6.45) is 42.1. The van der Waals surface area contributed by atoms with Gasteiger partial charge in [-0.3, -0.25) is 4.79 Å². The molecule has 12 N–H and O–H groups in total. The van der Waals surface area contributed by atoms with Crippen molar-refractivity contribution in [1.29, 1.82) is 0 Å². The van der Waals surface area contributed by atoms with E-state index in [0.717, 1.165) is 77.0 Å². The van der Waals surface area contributed by atoms with Crippen LogP contribution in [0.3, 0.4) is 0 Å². The van der Waals surface area contributed by atoms with Gasteiger partial charge in [-0.05, 0) is 64.2 Å². The molecule has 0 bridgehead atoms. The lowest BCUT2D eigenvalue weighted by molar-refractivity contribution is -0.379. The van der Waals surface area contributed by atoms with E-state index in [1.54, 1.807) is 6.08 Å². The molecule has 0 aliphatic carbocycles. The molecule has 0 radical (unpaired) electrons. The molecule has 19 nitrogen and oxygen atoms in total. The molecule has 17 atom stereocenters. The average molecular weight is 1310 g/mol. The third-order valence-electron chi connectivity index (χ3n) is 17.8. The van der Waals surface area contributed by atoms with Gasteiger partial charge < -0.3 is 89.9 Å². The number of carbonyl (C=O) groups excluding carboxylic acids is 1. The summed E-state index contributed by atoms with van der Waals surface area (Å²) in [5, 5.41) is 120. The molecule has 534 valence electrons. The first-order valence-electron chi connectivity index (χ1n) is 36.2. The fraction of sp³-hybridized carbons (Fsp3) is 0.822. The summed E-state index contributed by atoms with van der Waals surface area (Å²) in [5.41, 5.74) is 0. The molecule has 0 aromatic carbocycles. The van der Waals surface area contributed by atoms with Gasteiger partial charge in [0.15, 0.2) is 18.9 Å². The summed E-state index contributed by atoms with van der Waals surface area (Å²) in [5.74, 6) is -0.276. The summed E-state index contributed by atoms with van der Waals surface area (Å²) in [4.78, 5) is 13.4. The van der Waals surface area contributed by atoms with E-state index in [4.69, 9.17) is 28.4 Å². The van der Waals surface area contributed by atoms with Crippen LogP contribution in [0, 0.1) is 0 Å². The Morgan fingerprint density at radius 1 is 0.402 bits per heavy atom. The molecule has 3 rings (SSSR count). The normalized spacial score (nSPS) is 28.1. The summed E-state index contributed by atoms with van der Waals surface area (Å²) < 4.78 is 34.3. The minimum atomic E-state index is -1.98. The zero-order valence-electron chi connectivity index (χ0n) is 56.5. The Morgan fingerprint density at radius 2 is 0.750 bits per heavy atom. The standard InChI is InChI=1S/C73H129NO18/c1-3-5-7-9-11-13-15-16-17-18-19-20-21-22-23-24-25-26-27-28-29-30-31-32-33-34-35-36-37-38-39-40-41-43-45-47-49-51-61(79)74-56(57(78)50-48-46-44-42-14-12-10-8-6-4-2)55-87-71-67(85)64(82)69(59(53-76)89-71)92-73-68(86)65(83)70(60(54-77)90-73)91-72-66(84)63(81)62(80)58(52-75)88-72/h5,7,11,13,16-17,19-20,22-23,48,50,56-60,62-73,75-78,80-86H,3-4,6,8-10,12,14-15,18,21,24-47,49,51-55H2,1-2H3,(H,74,79)/b7-5-,13-11-,17-16-,20-19-,23-22-,50-48+. The number of amides is 1. The Morgan fingerprint density at radius 3 is 1.17 bits per heavy atom. The van der Waals surface area contributed by atoms with Gasteiger partial charge in [0.05, 0.1) is 38.6 Å². The van der Waals surface area contributed by atoms with E-state index in [-0.39, 0.29) is 18.9 Å². The minimum Gasteiger partial charge on any atom is -0.394 e. The van der Waals surface area contributed by atoms with Gasteiger partial charge >= 0.3 is 0 Å². The summed E-state index contributed by atoms with van der Waals surface area (Å²) in [7, 11) is 0. The SMILES string of the molecule is CC/C=C\C/C=C\C/C=C\C/C=C\C/C=C\CCCCCCCCCCCCCCCCCCCCCCCC(=O)NC(COC1OC(CO)C(OC2OC(CO)C(OC3OC(CO)C(O)C(O)C3O)C(O)C2O)C(O)C1O)C(O)/C=C/CCCCCCCCCC. The van der Waals surface area contributed by atoms with Crippen LogP contribution in [0.1, 0.15) is 251 Å². The fourth-order valence-electron chi connectivity index (χ4n) is 11.9. The van der Waals surface area contributed by atoms with Crippen LogP contribution >= 0.6 is 0 Å². The molecule has 3 aliphatic heterocycles. The van der Waals surface area contributed by atoms with E-state index < -0.39 is 124 Å². The highest BCUT2D eigenvalue weighted by atomic mass is 16.8. The molecule has 3 fully saturated rings. The molecular formula is C73H129NO18. The number of allylic oxidation sites excluding steroid dienone is 11. The number of aliphatic hydroxyl groups excluding tert-OH is 11. The number of carbonyl (C=O) groups is 1. The van der Waals surface area contributed by atoms with E-state index >= 15 is 0 Å². The lowest BCUT2D eigenvalue weighted by Crippen LogP contribution is -2.66. The van der Waals surface area contributed by atoms with Gasteiger partial charge in [-0.25, -0.2) is 0 Å². The topological polar surface area (TPSA) is 307 Å². The van der Waals surface area contributed by atoms with Crippen molar-refractivity contribution >= 4 is 5.91 Å². The van der Waals surface area contributed by atoms with Gasteiger partial charge in [-0.1, -0.05) is 254 Å². The molecule has 92 heavy (non-hydrogen) atoms. The van der Waals surface area contributed by atoms with Gasteiger partial charge in [0.1, 0.15) is 73.2 Å². The van der Waals surface area contributed by atoms with Crippen LogP contribution in [0.15, 0.2) is 72.9 Å². The molecule has 3 heterocycles. The number of rotatable bonds is 55. The molecule has 3 saturated heterocycles. The maximum absolute atomic E-state index is 13.4. The maximum atomic E-state index is 13.4. The molecule has 17 unspecified atom stereocenters. The van der Waals surface area contributed by atoms with Gasteiger partial charge in [0.25, 0.3) is 0 Å². The first-order chi connectivity index (χ1) is 44.8. The molecule has 0 spiro atoms. The zero-order chi connectivity index (χ0) is 66.8. The predicted molar refractivity (Wildman–Crippen MR) is 360 cm³/mol. The van der Waals surface area contributed by atoms with Crippen molar-refractivity contribution < 1.29 is 89.4 Å². The molecule has 0 aromatic heterocycles. The van der Waals surface area contributed by atoms with E-state index in [1.807, 2.05) is 6.08 Å². The van der Waals surface area contributed by atoms with Crippen LogP contribution in [0.5, 0.6) is 0 Å². The van der Waals surface area contributed by atoms with Crippen LogP contribution < -0.4 is 5.32 Å². The van der Waals surface area contributed by atoms with Crippen molar-refractivity contribution in [1.82, 2.24) is 5.32 Å². The predicted octanol–water partition coefficient (Wildman–Crippen LogP) is 10.1. The minimum absolute atomic E-state index is 0.244. The summed E-state index contributed by atoms with van der Waals surface area (Å²) >= 11 is 0. The number of hydrogen-bond acceptors (Lipinski definition) is 18. The number of hydrogen-bond donors (Lipinski definition) is 12. The maximum Gasteiger partial charge on any atom is 0.220 e. The second kappa shape index (κ2) is 54.3. The summed E-state index contributed by atoms with van der Waals surface area (Å²) in [6.45, 7) is 1.59. The Balaban J connectivity index is 1.29. The van der Waals surface area contributed by atoms with Gasteiger partial charge in [-0.2, -0.15) is 0 Å². The van der Waals surface area contributed by atoms with Crippen molar-refractivity contribution in [2.45, 2.75) is 356 Å². The van der Waals surface area contributed by atoms with Gasteiger partial charge in [0, 0.05) is 6.42 Å². The van der Waals surface area contributed by atoms with Crippen LogP contribution in [0.4, 0.5) is 0 Å². The smallest absolute Gasteiger partial charge is 0.220 e. The second-order valence-electron chi connectivity index (χ2n) is 25.7. The lowest BCUT2D eigenvalue weighted by Gasteiger charge is -2.48. The third-order valence-corrected chi connectivity index (χ3v) is 17.8. The second-order valence-corrected chi connectivity index (χ2v) is 25.7. The molecule has 0 saturated carbocycles. The summed E-state index contributed by atoms with van der Waals surface area (Å²) in [6, 6.07) is -0.972. The highest BCUT2D eigenvalue weighted by molar-refractivity contribution is 5.76. The van der Waals surface area contributed by atoms with Crippen molar-refractivity contribution in [2.24, 2.45) is 0 Å². The molecule has 0 aromatic rings. The Kier molecular flexibility index (Phi) is 49.2. The first kappa shape index (κ1) is 83.5. The largest absolute Gasteiger partial charge is 0.394 e. The van der Waals surface area contributed by atoms with Crippen LogP contribution in [0.25, 0.3) is 0 Å². The van der Waals surface area contributed by atoms with Gasteiger partial charge in [0.2, 0.25) is 5.91 Å². The van der Waals surface area contributed by atoms with Crippen molar-refractivity contribution in [3.8, 4) is 0 Å². The van der Waals surface area contributed by atoms with E-state index in [9.17, 15) is 61.0 Å². The van der Waals surface area contributed by atoms with Crippen molar-refractivity contribution in [3.05, 3.63) is 72.9 Å². The number of unbranched alkanes of at least 4 members (excludes halogenated alkanes) is 29. The Labute approximate surface area is 553 Å². The van der Waals surface area contributed by atoms with Gasteiger partial charge in [-0.15, -0.1) is 0 Å². The molecule has 3 aliphatic rings. The number of nitrogens with one attached hydrogen (secondary N) is 1.